The van der Waals surface area contributed by atoms with E-state index >= 15 is 0 Å². The average Bonchev–Trinajstić information content (AvgIpc) is 3.11. The molecule has 0 fully saturated rings. The Balaban J connectivity index is 2.02. The van der Waals surface area contributed by atoms with E-state index in [1.807, 2.05) is 11.4 Å². The zero-order chi connectivity index (χ0) is 17.3. The number of esters is 1. The van der Waals surface area contributed by atoms with Gasteiger partial charge in [0.1, 0.15) is 5.75 Å². The highest BCUT2D eigenvalue weighted by Gasteiger charge is 2.25. The molecule has 0 bridgehead atoms. The van der Waals surface area contributed by atoms with Crippen molar-refractivity contribution >= 4 is 51.0 Å². The second-order valence-corrected chi connectivity index (χ2v) is 7.74. The summed E-state index contributed by atoms with van der Waals surface area (Å²) in [6, 6.07) is 7.95. The molecule has 0 saturated heterocycles. The Bertz CT molecular complexity index is 962. The summed E-state index contributed by atoms with van der Waals surface area (Å²) in [5.41, 5.74) is 0.329. The lowest BCUT2D eigenvalue weighted by molar-refractivity contribution is -0.129. The summed E-state index contributed by atoms with van der Waals surface area (Å²) < 4.78 is 32.7. The van der Waals surface area contributed by atoms with Gasteiger partial charge >= 0.3 is 16.1 Å². The molecule has 1 aromatic heterocycles. The zero-order valence-corrected chi connectivity index (χ0v) is 14.6. The summed E-state index contributed by atoms with van der Waals surface area (Å²) in [6.07, 6.45) is 2.30. The van der Waals surface area contributed by atoms with Crippen molar-refractivity contribution in [1.29, 1.82) is 0 Å². The minimum atomic E-state index is -3.73. The number of rotatable bonds is 4. The number of hydrogen-bond acceptors (Lipinski definition) is 7. The molecular formula is C15H10ClNO5S2. The first-order valence-corrected chi connectivity index (χ1v) is 9.65. The first-order chi connectivity index (χ1) is 11.3. The maximum absolute atomic E-state index is 12.0. The molecule has 24 heavy (non-hydrogen) atoms. The number of carbonyl (C=O) groups excluding carboxylic acids is 1. The molecule has 1 aliphatic heterocycles. The molecule has 2 aromatic rings. The van der Waals surface area contributed by atoms with E-state index in [1.165, 1.54) is 35.6 Å². The average molecular weight is 384 g/mol. The number of hydrogen-bond donors (Lipinski definition) is 0. The molecule has 0 spiro atoms. The van der Waals surface area contributed by atoms with Crippen molar-refractivity contribution in [3.8, 4) is 5.75 Å². The number of carbonyl (C=O) groups is 1. The molecule has 1 aromatic carbocycles. The van der Waals surface area contributed by atoms with Crippen molar-refractivity contribution in [2.75, 3.05) is 6.26 Å². The van der Waals surface area contributed by atoms with E-state index in [2.05, 4.69) is 4.99 Å². The molecule has 0 atom stereocenters. The first kappa shape index (κ1) is 16.7. The smallest absolute Gasteiger partial charge is 0.363 e. The molecule has 2 heterocycles. The van der Waals surface area contributed by atoms with Gasteiger partial charge in [0.15, 0.2) is 5.70 Å². The van der Waals surface area contributed by atoms with Gasteiger partial charge in [-0.1, -0.05) is 17.7 Å². The molecule has 0 aliphatic carbocycles. The minimum Gasteiger partial charge on any atom is -0.401 e. The molecule has 0 radical (unpaired) electrons. The van der Waals surface area contributed by atoms with Crippen LogP contribution in [0.2, 0.25) is 5.02 Å². The van der Waals surface area contributed by atoms with Crippen molar-refractivity contribution in [2.45, 2.75) is 0 Å². The highest BCUT2D eigenvalue weighted by molar-refractivity contribution is 7.86. The van der Waals surface area contributed by atoms with Crippen molar-refractivity contribution < 1.29 is 22.1 Å². The Morgan fingerprint density at radius 2 is 2.12 bits per heavy atom. The van der Waals surface area contributed by atoms with E-state index in [0.29, 0.717) is 15.5 Å². The normalized spacial score (nSPS) is 16.2. The molecular weight excluding hydrogens is 374 g/mol. The van der Waals surface area contributed by atoms with Gasteiger partial charge in [-0.15, -0.1) is 11.3 Å². The Kier molecular flexibility index (Phi) is 4.44. The highest BCUT2D eigenvalue weighted by atomic mass is 35.5. The fourth-order valence-corrected chi connectivity index (χ4v) is 3.24. The van der Waals surface area contributed by atoms with Gasteiger partial charge in [0, 0.05) is 10.6 Å². The molecule has 9 heteroatoms. The van der Waals surface area contributed by atoms with E-state index in [-0.39, 0.29) is 17.3 Å². The van der Waals surface area contributed by atoms with Crippen molar-refractivity contribution in [3.63, 3.8) is 0 Å². The Morgan fingerprint density at radius 3 is 2.79 bits per heavy atom. The Labute approximate surface area is 147 Å². The summed E-state index contributed by atoms with van der Waals surface area (Å²) in [5.74, 6) is -0.389. The van der Waals surface area contributed by atoms with Gasteiger partial charge in [0.25, 0.3) is 0 Å². The van der Waals surface area contributed by atoms with E-state index in [9.17, 15) is 13.2 Å². The third-order valence-electron chi connectivity index (χ3n) is 2.86. The number of aliphatic imine (C=N–C) groups is 1. The minimum absolute atomic E-state index is 0.0269. The molecule has 0 unspecified atom stereocenters. The third kappa shape index (κ3) is 3.84. The number of halogens is 1. The van der Waals surface area contributed by atoms with Crippen LogP contribution in [0.15, 0.2) is 46.4 Å². The topological polar surface area (TPSA) is 82.0 Å². The number of nitrogens with zero attached hydrogens (tertiary/aromatic N) is 1. The van der Waals surface area contributed by atoms with Crippen LogP contribution in [-0.4, -0.2) is 26.5 Å². The van der Waals surface area contributed by atoms with Gasteiger partial charge in [-0.3, -0.25) is 0 Å². The molecule has 6 nitrogen and oxygen atoms in total. The first-order valence-electron chi connectivity index (χ1n) is 6.57. The Morgan fingerprint density at radius 1 is 1.33 bits per heavy atom. The van der Waals surface area contributed by atoms with Crippen molar-refractivity contribution in [3.05, 3.63) is 56.9 Å². The second kappa shape index (κ2) is 6.39. The van der Waals surface area contributed by atoms with Crippen LogP contribution < -0.4 is 4.18 Å². The van der Waals surface area contributed by atoms with Crippen LogP contribution in [0.1, 0.15) is 10.4 Å². The van der Waals surface area contributed by atoms with Crippen LogP contribution in [-0.2, 0) is 19.6 Å². The number of cyclic esters (lactones) is 1. The molecule has 0 amide bonds. The van der Waals surface area contributed by atoms with E-state index < -0.39 is 16.1 Å². The zero-order valence-electron chi connectivity index (χ0n) is 12.2. The fourth-order valence-electron chi connectivity index (χ4n) is 1.93. The van der Waals surface area contributed by atoms with Crippen LogP contribution in [0.5, 0.6) is 5.75 Å². The van der Waals surface area contributed by atoms with Crippen LogP contribution in [0.3, 0.4) is 0 Å². The van der Waals surface area contributed by atoms with Gasteiger partial charge in [-0.05, 0) is 35.7 Å². The van der Waals surface area contributed by atoms with E-state index in [4.69, 9.17) is 20.5 Å². The SMILES string of the molecule is CS(=O)(=O)Oc1ccc(Cl)cc1/C=C1\N=C(c2cccs2)OC1=O. The van der Waals surface area contributed by atoms with Gasteiger partial charge in [0.2, 0.25) is 5.90 Å². The lowest BCUT2D eigenvalue weighted by Crippen LogP contribution is -2.07. The van der Waals surface area contributed by atoms with E-state index in [0.717, 1.165) is 6.26 Å². The maximum atomic E-state index is 12.0. The van der Waals surface area contributed by atoms with Gasteiger partial charge in [-0.25, -0.2) is 9.79 Å². The fraction of sp³-hybridized carbons (Fsp3) is 0.0667. The summed E-state index contributed by atoms with van der Waals surface area (Å²) >= 11 is 7.32. The molecule has 1 aliphatic rings. The van der Waals surface area contributed by atoms with Gasteiger partial charge < -0.3 is 8.92 Å². The van der Waals surface area contributed by atoms with Crippen LogP contribution in [0, 0.1) is 0 Å². The number of benzene rings is 1. The standard InChI is InChI=1S/C15H10ClNO5S2/c1-24(19,20)22-12-5-4-10(16)7-9(12)8-11-15(18)21-14(17-11)13-3-2-6-23-13/h2-8H,1H3/b11-8-. The molecule has 0 saturated carbocycles. The predicted molar refractivity (Wildman–Crippen MR) is 91.8 cm³/mol. The summed E-state index contributed by atoms with van der Waals surface area (Å²) in [6.45, 7) is 0. The van der Waals surface area contributed by atoms with Crippen molar-refractivity contribution in [1.82, 2.24) is 0 Å². The maximum Gasteiger partial charge on any atom is 0.363 e. The van der Waals surface area contributed by atoms with Crippen molar-refractivity contribution in [2.24, 2.45) is 4.99 Å². The molecule has 0 N–H and O–H groups in total. The lowest BCUT2D eigenvalue weighted by Gasteiger charge is -2.07. The molecule has 3 rings (SSSR count). The Hall–Kier alpha value is -2.16. The third-order valence-corrected chi connectivity index (χ3v) is 4.43. The predicted octanol–water partition coefficient (Wildman–Crippen LogP) is 3.08. The van der Waals surface area contributed by atoms with Gasteiger partial charge in [-0.2, -0.15) is 8.42 Å². The summed E-state index contributed by atoms with van der Waals surface area (Å²) in [7, 11) is -3.73. The summed E-state index contributed by atoms with van der Waals surface area (Å²) in [4.78, 5) is 16.8. The largest absolute Gasteiger partial charge is 0.401 e. The monoisotopic (exact) mass is 383 g/mol. The van der Waals surface area contributed by atoms with Crippen LogP contribution >= 0.6 is 22.9 Å². The quantitative estimate of drug-likeness (QED) is 0.460. The molecule has 124 valence electrons. The second-order valence-electron chi connectivity index (χ2n) is 4.78. The van der Waals surface area contributed by atoms with Gasteiger partial charge in [0.05, 0.1) is 11.1 Å². The van der Waals surface area contributed by atoms with E-state index in [1.54, 1.807) is 6.07 Å². The number of thiophene rings is 1. The highest BCUT2D eigenvalue weighted by Crippen LogP contribution is 2.28. The number of ether oxygens (including phenoxy) is 1. The summed E-state index contributed by atoms with van der Waals surface area (Å²) in [5, 5.41) is 2.19. The van der Waals surface area contributed by atoms with Crippen LogP contribution in [0.4, 0.5) is 0 Å². The lowest BCUT2D eigenvalue weighted by atomic mass is 10.1. The van der Waals surface area contributed by atoms with Crippen LogP contribution in [0.25, 0.3) is 6.08 Å².